The molecule has 0 bridgehead atoms. The van der Waals surface area contributed by atoms with Gasteiger partial charge >= 0.3 is 0 Å². The lowest BCUT2D eigenvalue weighted by atomic mass is 9.95. The summed E-state index contributed by atoms with van der Waals surface area (Å²) >= 11 is 0. The zero-order chi connectivity index (χ0) is 15.8. The second-order valence-electron chi connectivity index (χ2n) is 6.90. The van der Waals surface area contributed by atoms with Crippen molar-refractivity contribution in [3.05, 3.63) is 17.2 Å². The van der Waals surface area contributed by atoms with E-state index in [1.165, 1.54) is 5.69 Å². The van der Waals surface area contributed by atoms with E-state index in [0.29, 0.717) is 0 Å². The number of hydrogen-bond donors (Lipinski definition) is 1. The van der Waals surface area contributed by atoms with Crippen LogP contribution in [0.2, 0.25) is 0 Å². The van der Waals surface area contributed by atoms with Gasteiger partial charge in [-0.3, -0.25) is 4.79 Å². The highest BCUT2D eigenvalue weighted by molar-refractivity contribution is 5.80. The van der Waals surface area contributed by atoms with E-state index in [1.54, 1.807) is 4.90 Å². The fourth-order valence-electron chi connectivity index (χ4n) is 2.86. The molecule has 2 rings (SSSR count). The Morgan fingerprint density at radius 2 is 2.14 bits per heavy atom. The largest absolute Gasteiger partial charge is 0.344 e. The lowest BCUT2D eigenvalue weighted by Gasteiger charge is -2.28. The Morgan fingerprint density at radius 1 is 1.48 bits per heavy atom. The number of carbonyl (C=O) groups is 1. The first-order chi connectivity index (χ1) is 9.77. The highest BCUT2D eigenvalue weighted by Gasteiger charge is 2.32. The van der Waals surface area contributed by atoms with Crippen molar-refractivity contribution >= 4 is 5.91 Å². The molecule has 1 aromatic rings. The van der Waals surface area contributed by atoms with Crippen LogP contribution in [0.4, 0.5) is 0 Å². The summed E-state index contributed by atoms with van der Waals surface area (Å²) in [5.74, 6) is 1.17. The maximum Gasteiger partial charge on any atom is 0.245 e. The van der Waals surface area contributed by atoms with Gasteiger partial charge in [-0.2, -0.15) is 0 Å². The van der Waals surface area contributed by atoms with Crippen molar-refractivity contribution in [2.75, 3.05) is 20.1 Å². The first-order valence-corrected chi connectivity index (χ1v) is 7.83. The molecule has 0 aromatic carbocycles. The van der Waals surface area contributed by atoms with Crippen LogP contribution < -0.4 is 5.32 Å². The lowest BCUT2D eigenvalue weighted by molar-refractivity contribution is -0.132. The van der Waals surface area contributed by atoms with Gasteiger partial charge in [0.1, 0.15) is 11.9 Å². The smallest absolute Gasteiger partial charge is 0.245 e. The number of imidazole rings is 1. The van der Waals surface area contributed by atoms with Gasteiger partial charge in [-0.05, 0) is 13.8 Å². The van der Waals surface area contributed by atoms with E-state index in [2.05, 4.69) is 30.7 Å². The molecule has 0 radical (unpaired) electrons. The van der Waals surface area contributed by atoms with E-state index < -0.39 is 0 Å². The van der Waals surface area contributed by atoms with Crippen LogP contribution in [-0.4, -0.2) is 40.5 Å². The molecule has 1 aliphatic heterocycles. The van der Waals surface area contributed by atoms with E-state index >= 15 is 0 Å². The third kappa shape index (κ3) is 2.98. The number of nitrogens with zero attached hydrogens (tertiary/aromatic N) is 3. The molecule has 1 atom stereocenters. The van der Waals surface area contributed by atoms with Crippen LogP contribution in [-0.2, 0) is 23.2 Å². The number of amides is 1. The molecule has 5 nitrogen and oxygen atoms in total. The van der Waals surface area contributed by atoms with Gasteiger partial charge < -0.3 is 14.8 Å². The highest BCUT2D eigenvalue weighted by Crippen LogP contribution is 2.30. The molecule has 0 saturated carbocycles. The molecule has 0 saturated heterocycles. The van der Waals surface area contributed by atoms with E-state index in [4.69, 9.17) is 4.98 Å². The molecule has 21 heavy (non-hydrogen) atoms. The van der Waals surface area contributed by atoms with Crippen LogP contribution >= 0.6 is 0 Å². The SMILES string of the molecule is CCN(C)C(=O)C(C)n1c(C(C)(C)C)nc2c1CCNC2. The molecule has 1 aliphatic rings. The minimum Gasteiger partial charge on any atom is -0.344 e. The van der Waals surface area contributed by atoms with Gasteiger partial charge in [0.25, 0.3) is 0 Å². The number of aromatic nitrogens is 2. The third-order valence-corrected chi connectivity index (χ3v) is 4.19. The first kappa shape index (κ1) is 16.0. The summed E-state index contributed by atoms with van der Waals surface area (Å²) in [5, 5.41) is 3.36. The Labute approximate surface area is 127 Å². The number of hydrogen-bond acceptors (Lipinski definition) is 3. The van der Waals surface area contributed by atoms with Crippen LogP contribution in [0.25, 0.3) is 0 Å². The summed E-state index contributed by atoms with van der Waals surface area (Å²) in [6.07, 6.45) is 0.936. The molecule has 2 heterocycles. The van der Waals surface area contributed by atoms with Crippen molar-refractivity contribution in [1.29, 1.82) is 0 Å². The maximum absolute atomic E-state index is 12.6. The van der Waals surface area contributed by atoms with E-state index in [9.17, 15) is 4.79 Å². The van der Waals surface area contributed by atoms with E-state index in [-0.39, 0.29) is 17.4 Å². The van der Waals surface area contributed by atoms with E-state index in [1.807, 2.05) is 20.9 Å². The van der Waals surface area contributed by atoms with Gasteiger partial charge in [0.15, 0.2) is 0 Å². The minimum absolute atomic E-state index is 0.0728. The van der Waals surface area contributed by atoms with Gasteiger partial charge in [0.2, 0.25) is 5.91 Å². The van der Waals surface area contributed by atoms with Crippen LogP contribution in [0.1, 0.15) is 57.9 Å². The summed E-state index contributed by atoms with van der Waals surface area (Å²) in [5.41, 5.74) is 2.26. The summed E-state index contributed by atoms with van der Waals surface area (Å²) < 4.78 is 2.19. The molecule has 1 N–H and O–H groups in total. The van der Waals surface area contributed by atoms with Crippen LogP contribution in [0.15, 0.2) is 0 Å². The fourth-order valence-corrected chi connectivity index (χ4v) is 2.86. The average Bonchev–Trinajstić information content (AvgIpc) is 2.84. The second-order valence-corrected chi connectivity index (χ2v) is 6.90. The standard InChI is InChI=1S/C16H28N4O/c1-7-19(6)14(21)11(2)20-13-8-9-17-10-12(13)18-15(20)16(3,4)5/h11,17H,7-10H2,1-6H3. The van der Waals surface area contributed by atoms with E-state index in [0.717, 1.165) is 37.6 Å². The van der Waals surface area contributed by atoms with Crippen LogP contribution in [0.5, 0.6) is 0 Å². The predicted octanol–water partition coefficient (Wildman–Crippen LogP) is 1.87. The minimum atomic E-state index is -0.196. The molecular formula is C16H28N4O. The molecule has 1 amide bonds. The van der Waals surface area contributed by atoms with Gasteiger partial charge in [-0.15, -0.1) is 0 Å². The van der Waals surface area contributed by atoms with Gasteiger partial charge in [0.05, 0.1) is 5.69 Å². The number of carbonyl (C=O) groups excluding carboxylic acids is 1. The predicted molar refractivity (Wildman–Crippen MR) is 84.4 cm³/mol. The van der Waals surface area contributed by atoms with Crippen molar-refractivity contribution in [3.8, 4) is 0 Å². The Morgan fingerprint density at radius 3 is 2.71 bits per heavy atom. The molecule has 0 fully saturated rings. The van der Waals surface area contributed by atoms with Crippen molar-refractivity contribution < 1.29 is 4.79 Å². The summed E-state index contributed by atoms with van der Waals surface area (Å²) in [7, 11) is 1.86. The molecule has 5 heteroatoms. The topological polar surface area (TPSA) is 50.2 Å². The third-order valence-electron chi connectivity index (χ3n) is 4.19. The summed E-state index contributed by atoms with van der Waals surface area (Å²) in [6.45, 7) is 13.0. The van der Waals surface area contributed by atoms with Crippen molar-refractivity contribution in [2.24, 2.45) is 0 Å². The molecule has 118 valence electrons. The number of likely N-dealkylation sites (N-methyl/N-ethyl adjacent to an activating group) is 1. The lowest BCUT2D eigenvalue weighted by Crippen LogP contribution is -2.36. The van der Waals surface area contributed by atoms with Crippen molar-refractivity contribution in [3.63, 3.8) is 0 Å². The highest BCUT2D eigenvalue weighted by atomic mass is 16.2. The average molecular weight is 292 g/mol. The molecule has 1 aromatic heterocycles. The maximum atomic E-state index is 12.6. The summed E-state index contributed by atoms with van der Waals surface area (Å²) in [6, 6.07) is -0.196. The van der Waals surface area contributed by atoms with Gasteiger partial charge in [0, 0.05) is 44.2 Å². The monoisotopic (exact) mass is 292 g/mol. The second kappa shape index (κ2) is 5.79. The fraction of sp³-hybridized carbons (Fsp3) is 0.750. The van der Waals surface area contributed by atoms with Gasteiger partial charge in [-0.25, -0.2) is 4.98 Å². The Bertz CT molecular complexity index is 527. The zero-order valence-corrected chi connectivity index (χ0v) is 14.2. The number of fused-ring (bicyclic) bond motifs is 1. The first-order valence-electron chi connectivity index (χ1n) is 7.83. The Kier molecular flexibility index (Phi) is 4.42. The Hall–Kier alpha value is -1.36. The van der Waals surface area contributed by atoms with Crippen LogP contribution in [0.3, 0.4) is 0 Å². The quantitative estimate of drug-likeness (QED) is 0.925. The Balaban J connectivity index is 2.50. The summed E-state index contributed by atoms with van der Waals surface area (Å²) in [4.78, 5) is 19.2. The van der Waals surface area contributed by atoms with Crippen molar-refractivity contribution in [2.45, 2.75) is 59.0 Å². The molecule has 1 unspecified atom stereocenters. The normalized spacial score (nSPS) is 16.5. The molecule has 0 aliphatic carbocycles. The molecular weight excluding hydrogens is 264 g/mol. The zero-order valence-electron chi connectivity index (χ0n) is 14.2. The van der Waals surface area contributed by atoms with Crippen LogP contribution in [0, 0.1) is 0 Å². The van der Waals surface area contributed by atoms with Crippen molar-refractivity contribution in [1.82, 2.24) is 19.8 Å². The number of rotatable bonds is 3. The van der Waals surface area contributed by atoms with Gasteiger partial charge in [-0.1, -0.05) is 20.8 Å². The number of nitrogens with one attached hydrogen (secondary N) is 1. The molecule has 0 spiro atoms.